The van der Waals surface area contributed by atoms with Crippen molar-refractivity contribution < 1.29 is 0 Å². The van der Waals surface area contributed by atoms with Gasteiger partial charge in [-0.2, -0.15) is 10.5 Å². The highest BCUT2D eigenvalue weighted by Crippen LogP contribution is 2.49. The Labute approximate surface area is 85.9 Å². The molecule has 0 aromatic carbocycles. The Hall–Kier alpha value is -1.06. The summed E-state index contributed by atoms with van der Waals surface area (Å²) in [5.41, 5.74) is 0.257. The quantitative estimate of drug-likeness (QED) is 0.667. The molecule has 0 saturated heterocycles. The number of nitrogens with zero attached hydrogens (tertiary/aromatic N) is 3. The molecular formula is C11H17N3. The molecule has 1 aliphatic rings. The van der Waals surface area contributed by atoms with E-state index < -0.39 is 0 Å². The lowest BCUT2D eigenvalue weighted by atomic mass is 10.0. The Balaban J connectivity index is 2.37. The highest BCUT2D eigenvalue weighted by Gasteiger charge is 2.43. The maximum Gasteiger partial charge on any atom is 0.0638 e. The summed E-state index contributed by atoms with van der Waals surface area (Å²) in [5.74, 6) is 0. The Bertz CT molecular complexity index is 267. The third-order valence-corrected chi connectivity index (χ3v) is 3.14. The van der Waals surface area contributed by atoms with E-state index in [2.05, 4.69) is 24.0 Å². The highest BCUT2D eigenvalue weighted by molar-refractivity contribution is 5.01. The summed E-state index contributed by atoms with van der Waals surface area (Å²) in [7, 11) is 2.04. The molecule has 0 N–H and O–H groups in total. The second-order valence-corrected chi connectivity index (χ2v) is 4.46. The molecule has 1 fully saturated rings. The van der Waals surface area contributed by atoms with Gasteiger partial charge in [-0.15, -0.1) is 0 Å². The van der Waals surface area contributed by atoms with Crippen molar-refractivity contribution in [2.45, 2.75) is 38.6 Å². The Kier molecular flexibility index (Phi) is 3.49. The monoisotopic (exact) mass is 191 g/mol. The third kappa shape index (κ3) is 2.72. The average Bonchev–Trinajstić information content (AvgIpc) is 2.86. The van der Waals surface area contributed by atoms with Gasteiger partial charge in [-0.05, 0) is 32.2 Å². The van der Waals surface area contributed by atoms with Gasteiger partial charge in [-0.3, -0.25) is 0 Å². The fraction of sp³-hybridized carbons (Fsp3) is 0.818. The van der Waals surface area contributed by atoms with Crippen LogP contribution in [0.1, 0.15) is 32.6 Å². The van der Waals surface area contributed by atoms with E-state index in [1.165, 1.54) is 12.8 Å². The minimum atomic E-state index is 0.257. The van der Waals surface area contributed by atoms with Crippen LogP contribution in [0.15, 0.2) is 0 Å². The Morgan fingerprint density at radius 2 is 2.00 bits per heavy atom. The molecule has 0 bridgehead atoms. The molecule has 0 aromatic rings. The molecule has 1 atom stereocenters. The lowest BCUT2D eigenvalue weighted by Gasteiger charge is -2.26. The first-order valence-electron chi connectivity index (χ1n) is 5.08. The molecule has 1 aliphatic carbocycles. The number of nitriles is 2. The lowest BCUT2D eigenvalue weighted by Crippen LogP contribution is -2.34. The van der Waals surface area contributed by atoms with Gasteiger partial charge < -0.3 is 4.90 Å². The summed E-state index contributed by atoms with van der Waals surface area (Å²) < 4.78 is 0. The van der Waals surface area contributed by atoms with Crippen molar-refractivity contribution in [2.75, 3.05) is 13.6 Å². The summed E-state index contributed by atoms with van der Waals surface area (Å²) in [5, 5.41) is 17.2. The van der Waals surface area contributed by atoms with Crippen LogP contribution in [0.3, 0.4) is 0 Å². The molecule has 3 nitrogen and oxygen atoms in total. The van der Waals surface area contributed by atoms with Crippen molar-refractivity contribution in [2.24, 2.45) is 5.41 Å². The van der Waals surface area contributed by atoms with E-state index in [1.54, 1.807) is 0 Å². The molecule has 1 unspecified atom stereocenters. The van der Waals surface area contributed by atoms with Crippen LogP contribution in [0.4, 0.5) is 0 Å². The van der Waals surface area contributed by atoms with Gasteiger partial charge in [-0.25, -0.2) is 0 Å². The van der Waals surface area contributed by atoms with E-state index in [1.807, 2.05) is 7.05 Å². The normalized spacial score (nSPS) is 19.8. The van der Waals surface area contributed by atoms with Gasteiger partial charge in [0.15, 0.2) is 0 Å². The van der Waals surface area contributed by atoms with Crippen LogP contribution in [0.25, 0.3) is 0 Å². The predicted molar refractivity (Wildman–Crippen MR) is 54.2 cm³/mol. The van der Waals surface area contributed by atoms with Crippen LogP contribution in [0.2, 0.25) is 0 Å². The summed E-state index contributed by atoms with van der Waals surface area (Å²) in [4.78, 5) is 2.20. The summed E-state index contributed by atoms with van der Waals surface area (Å²) >= 11 is 0. The number of hydrogen-bond donors (Lipinski definition) is 0. The summed E-state index contributed by atoms with van der Waals surface area (Å²) in [6, 6.07) is 4.74. The standard InChI is InChI=1S/C11H17N3/c1-10(3-7-12)14(2)9-11(4-5-11)6-8-13/h10H,3-6,9H2,1-2H3. The second kappa shape index (κ2) is 4.44. The van der Waals surface area contributed by atoms with Crippen LogP contribution in [0, 0.1) is 28.1 Å². The van der Waals surface area contributed by atoms with E-state index in [4.69, 9.17) is 10.5 Å². The zero-order valence-electron chi connectivity index (χ0n) is 8.95. The third-order valence-electron chi connectivity index (χ3n) is 3.14. The first-order chi connectivity index (χ1) is 6.63. The van der Waals surface area contributed by atoms with E-state index in [0.717, 1.165) is 6.54 Å². The fourth-order valence-corrected chi connectivity index (χ4v) is 1.71. The van der Waals surface area contributed by atoms with Crippen LogP contribution in [0.5, 0.6) is 0 Å². The van der Waals surface area contributed by atoms with Crippen LogP contribution >= 0.6 is 0 Å². The molecule has 0 amide bonds. The van der Waals surface area contributed by atoms with Gasteiger partial charge in [0, 0.05) is 19.0 Å². The van der Waals surface area contributed by atoms with Gasteiger partial charge in [0.05, 0.1) is 18.6 Å². The molecule has 76 valence electrons. The minimum Gasteiger partial charge on any atom is -0.302 e. The van der Waals surface area contributed by atoms with Crippen LogP contribution in [-0.2, 0) is 0 Å². The molecule has 1 rings (SSSR count). The van der Waals surface area contributed by atoms with Crippen molar-refractivity contribution in [3.05, 3.63) is 0 Å². The molecule has 3 heteroatoms. The number of hydrogen-bond acceptors (Lipinski definition) is 3. The zero-order chi connectivity index (χ0) is 10.6. The van der Waals surface area contributed by atoms with Gasteiger partial charge in [0.2, 0.25) is 0 Å². The molecule has 0 radical (unpaired) electrons. The molecule has 0 aromatic heterocycles. The minimum absolute atomic E-state index is 0.257. The van der Waals surface area contributed by atoms with Gasteiger partial charge >= 0.3 is 0 Å². The molecule has 0 spiro atoms. The highest BCUT2D eigenvalue weighted by atomic mass is 15.1. The molecule has 1 saturated carbocycles. The summed E-state index contributed by atoms with van der Waals surface area (Å²) in [6.45, 7) is 3.02. The Morgan fingerprint density at radius 1 is 1.36 bits per heavy atom. The van der Waals surface area contributed by atoms with Crippen molar-refractivity contribution in [3.8, 4) is 12.1 Å². The van der Waals surface area contributed by atoms with E-state index in [0.29, 0.717) is 18.9 Å². The summed E-state index contributed by atoms with van der Waals surface area (Å²) in [6.07, 6.45) is 3.57. The van der Waals surface area contributed by atoms with Crippen molar-refractivity contribution in [1.29, 1.82) is 10.5 Å². The van der Waals surface area contributed by atoms with Crippen molar-refractivity contribution >= 4 is 0 Å². The lowest BCUT2D eigenvalue weighted by molar-refractivity contribution is 0.210. The van der Waals surface area contributed by atoms with Gasteiger partial charge in [0.25, 0.3) is 0 Å². The SMILES string of the molecule is CC(CC#N)N(C)CC1(CC#N)CC1. The first kappa shape index (κ1) is 11.0. The largest absolute Gasteiger partial charge is 0.302 e. The van der Waals surface area contributed by atoms with Crippen LogP contribution in [-0.4, -0.2) is 24.5 Å². The van der Waals surface area contributed by atoms with Crippen LogP contribution < -0.4 is 0 Å². The zero-order valence-corrected chi connectivity index (χ0v) is 8.95. The van der Waals surface area contributed by atoms with E-state index >= 15 is 0 Å². The van der Waals surface area contributed by atoms with E-state index in [9.17, 15) is 0 Å². The van der Waals surface area contributed by atoms with E-state index in [-0.39, 0.29) is 5.41 Å². The number of rotatable bonds is 5. The smallest absolute Gasteiger partial charge is 0.0638 e. The van der Waals surface area contributed by atoms with Gasteiger partial charge in [0.1, 0.15) is 0 Å². The fourth-order valence-electron chi connectivity index (χ4n) is 1.71. The first-order valence-corrected chi connectivity index (χ1v) is 5.08. The Morgan fingerprint density at radius 3 is 2.43 bits per heavy atom. The maximum atomic E-state index is 8.68. The topological polar surface area (TPSA) is 50.8 Å². The molecule has 14 heavy (non-hydrogen) atoms. The van der Waals surface area contributed by atoms with Crippen molar-refractivity contribution in [3.63, 3.8) is 0 Å². The van der Waals surface area contributed by atoms with Crippen molar-refractivity contribution in [1.82, 2.24) is 4.90 Å². The average molecular weight is 191 g/mol. The predicted octanol–water partition coefficient (Wildman–Crippen LogP) is 1.91. The molecular weight excluding hydrogens is 174 g/mol. The molecule has 0 heterocycles. The maximum absolute atomic E-state index is 8.68. The van der Waals surface area contributed by atoms with Gasteiger partial charge in [-0.1, -0.05) is 0 Å². The molecule has 0 aliphatic heterocycles. The second-order valence-electron chi connectivity index (χ2n) is 4.46.